The highest BCUT2D eigenvalue weighted by Gasteiger charge is 2.61. The Labute approximate surface area is 135 Å². The molecule has 3 nitrogen and oxygen atoms in total. The van der Waals surface area contributed by atoms with Gasteiger partial charge in [0.1, 0.15) is 0 Å². The molecule has 7 unspecified atom stereocenters. The van der Waals surface area contributed by atoms with Crippen LogP contribution in [-0.2, 0) is 14.3 Å². The number of carbonyl (C=O) groups excluding carboxylic acids is 1. The fraction of sp³-hybridized carbons (Fsp3) is 0.947. The lowest BCUT2D eigenvalue weighted by molar-refractivity contribution is -0.164. The molecule has 2 bridgehead atoms. The van der Waals surface area contributed by atoms with Crippen LogP contribution in [0.15, 0.2) is 0 Å². The Kier molecular flexibility index (Phi) is 5.11. The van der Waals surface area contributed by atoms with Gasteiger partial charge in [0, 0.05) is 0 Å². The fourth-order valence-electron chi connectivity index (χ4n) is 6.08. The van der Waals surface area contributed by atoms with E-state index in [0.29, 0.717) is 12.5 Å². The monoisotopic (exact) mass is 308 g/mol. The topological polar surface area (TPSA) is 35.5 Å². The van der Waals surface area contributed by atoms with Gasteiger partial charge in [0.15, 0.2) is 6.79 Å². The molecule has 3 heteroatoms. The standard InChI is InChI=1S/C19H32O3/c1-4-7-21-11-22-19(20)16-10-14-9-15(16)18-13(6-3)8-12(5-2)17(14)18/h12-18H,4-11H2,1-3H3. The summed E-state index contributed by atoms with van der Waals surface area (Å²) < 4.78 is 10.7. The van der Waals surface area contributed by atoms with E-state index < -0.39 is 0 Å². The molecule has 3 aliphatic carbocycles. The van der Waals surface area contributed by atoms with Crippen LogP contribution in [-0.4, -0.2) is 19.4 Å². The van der Waals surface area contributed by atoms with Gasteiger partial charge in [-0.1, -0.05) is 33.6 Å². The van der Waals surface area contributed by atoms with Crippen molar-refractivity contribution in [2.45, 2.75) is 59.3 Å². The van der Waals surface area contributed by atoms with Crippen LogP contribution in [0.25, 0.3) is 0 Å². The molecule has 0 amide bonds. The van der Waals surface area contributed by atoms with Gasteiger partial charge in [-0.05, 0) is 61.2 Å². The molecule has 0 N–H and O–H groups in total. The highest BCUT2D eigenvalue weighted by atomic mass is 16.7. The highest BCUT2D eigenvalue weighted by Crippen LogP contribution is 2.65. The third-order valence-corrected chi connectivity index (χ3v) is 6.81. The minimum atomic E-state index is 0.0110. The first-order valence-electron chi connectivity index (χ1n) is 9.45. The van der Waals surface area contributed by atoms with E-state index in [0.717, 1.165) is 42.4 Å². The van der Waals surface area contributed by atoms with E-state index in [1.54, 1.807) is 0 Å². The Morgan fingerprint density at radius 3 is 2.41 bits per heavy atom. The maximum atomic E-state index is 12.4. The molecule has 0 radical (unpaired) electrons. The van der Waals surface area contributed by atoms with E-state index >= 15 is 0 Å². The Balaban J connectivity index is 1.61. The van der Waals surface area contributed by atoms with Crippen LogP contribution < -0.4 is 0 Å². The van der Waals surface area contributed by atoms with Gasteiger partial charge in [-0.2, -0.15) is 0 Å². The summed E-state index contributed by atoms with van der Waals surface area (Å²) in [6, 6.07) is 0. The molecule has 3 saturated carbocycles. The first-order chi connectivity index (χ1) is 10.7. The highest BCUT2D eigenvalue weighted by molar-refractivity contribution is 5.73. The second-order valence-electron chi connectivity index (χ2n) is 7.72. The van der Waals surface area contributed by atoms with Crippen LogP contribution in [0.4, 0.5) is 0 Å². The molecule has 0 heterocycles. The Morgan fingerprint density at radius 2 is 1.73 bits per heavy atom. The van der Waals surface area contributed by atoms with E-state index in [9.17, 15) is 4.79 Å². The van der Waals surface area contributed by atoms with E-state index in [-0.39, 0.29) is 18.7 Å². The molecule has 22 heavy (non-hydrogen) atoms. The predicted molar refractivity (Wildman–Crippen MR) is 86.1 cm³/mol. The average molecular weight is 308 g/mol. The van der Waals surface area contributed by atoms with Crippen LogP contribution >= 0.6 is 0 Å². The van der Waals surface area contributed by atoms with Crippen molar-refractivity contribution in [3.05, 3.63) is 0 Å². The number of hydrogen-bond acceptors (Lipinski definition) is 3. The van der Waals surface area contributed by atoms with Crippen LogP contribution in [0.5, 0.6) is 0 Å². The summed E-state index contributed by atoms with van der Waals surface area (Å²) in [4.78, 5) is 12.4. The number of rotatable bonds is 7. The van der Waals surface area contributed by atoms with Crippen molar-refractivity contribution < 1.29 is 14.3 Å². The van der Waals surface area contributed by atoms with E-state index in [2.05, 4.69) is 20.8 Å². The van der Waals surface area contributed by atoms with Crippen molar-refractivity contribution in [3.8, 4) is 0 Å². The molecule has 0 spiro atoms. The molecule has 3 rings (SSSR count). The van der Waals surface area contributed by atoms with E-state index in [1.165, 1.54) is 25.7 Å². The quantitative estimate of drug-likeness (QED) is 0.400. The first-order valence-corrected chi connectivity index (χ1v) is 9.45. The maximum Gasteiger partial charge on any atom is 0.311 e. The maximum absolute atomic E-state index is 12.4. The third kappa shape index (κ3) is 2.70. The number of fused-ring (bicyclic) bond motifs is 5. The average Bonchev–Trinajstić information content (AvgIpc) is 3.20. The molecule has 0 aromatic carbocycles. The molecule has 3 fully saturated rings. The summed E-state index contributed by atoms with van der Waals surface area (Å²) in [6.45, 7) is 7.56. The van der Waals surface area contributed by atoms with Gasteiger partial charge in [0.2, 0.25) is 0 Å². The molecule has 0 aromatic heterocycles. The van der Waals surface area contributed by atoms with Crippen molar-refractivity contribution >= 4 is 5.97 Å². The summed E-state index contributed by atoms with van der Waals surface area (Å²) >= 11 is 0. The molecule has 7 atom stereocenters. The second kappa shape index (κ2) is 6.90. The van der Waals surface area contributed by atoms with Gasteiger partial charge in [0.25, 0.3) is 0 Å². The predicted octanol–water partition coefficient (Wildman–Crippen LogP) is 4.26. The first kappa shape index (κ1) is 16.3. The minimum absolute atomic E-state index is 0.0110. The lowest BCUT2D eigenvalue weighted by Crippen LogP contribution is -2.34. The second-order valence-corrected chi connectivity index (χ2v) is 7.72. The van der Waals surface area contributed by atoms with Crippen LogP contribution in [0, 0.1) is 41.4 Å². The molecule has 0 aliphatic heterocycles. The van der Waals surface area contributed by atoms with Gasteiger partial charge in [-0.3, -0.25) is 4.79 Å². The number of ether oxygens (including phenoxy) is 2. The smallest absolute Gasteiger partial charge is 0.311 e. The molecule has 0 aromatic rings. The third-order valence-electron chi connectivity index (χ3n) is 6.81. The zero-order valence-electron chi connectivity index (χ0n) is 14.4. The molecule has 126 valence electrons. The minimum Gasteiger partial charge on any atom is -0.438 e. The van der Waals surface area contributed by atoms with E-state index in [4.69, 9.17) is 9.47 Å². The van der Waals surface area contributed by atoms with Gasteiger partial charge in [-0.15, -0.1) is 0 Å². The van der Waals surface area contributed by atoms with Crippen molar-refractivity contribution in [2.75, 3.05) is 13.4 Å². The zero-order valence-corrected chi connectivity index (χ0v) is 14.4. The summed E-state index contributed by atoms with van der Waals surface area (Å²) in [5, 5.41) is 0. The summed E-state index contributed by atoms with van der Waals surface area (Å²) in [5.41, 5.74) is 0. The molecular weight excluding hydrogens is 276 g/mol. The van der Waals surface area contributed by atoms with Crippen molar-refractivity contribution in [2.24, 2.45) is 41.4 Å². The summed E-state index contributed by atoms with van der Waals surface area (Å²) in [5.74, 6) is 4.99. The van der Waals surface area contributed by atoms with Gasteiger partial charge in [-0.25, -0.2) is 0 Å². The molecule has 0 saturated heterocycles. The normalized spacial score (nSPS) is 42.6. The lowest BCUT2D eigenvalue weighted by Gasteiger charge is -2.34. The van der Waals surface area contributed by atoms with Gasteiger partial charge in [0.05, 0.1) is 12.5 Å². The van der Waals surface area contributed by atoms with Crippen molar-refractivity contribution in [1.29, 1.82) is 0 Å². The Bertz CT molecular complexity index is 394. The van der Waals surface area contributed by atoms with Crippen molar-refractivity contribution in [3.63, 3.8) is 0 Å². The molecule has 3 aliphatic rings. The van der Waals surface area contributed by atoms with Crippen LogP contribution in [0.1, 0.15) is 59.3 Å². The summed E-state index contributed by atoms with van der Waals surface area (Å²) in [7, 11) is 0. The molecular formula is C19H32O3. The number of carbonyl (C=O) groups is 1. The number of hydrogen-bond donors (Lipinski definition) is 0. The van der Waals surface area contributed by atoms with Gasteiger partial charge >= 0.3 is 5.97 Å². The summed E-state index contributed by atoms with van der Waals surface area (Å²) in [6.07, 6.45) is 7.31. The van der Waals surface area contributed by atoms with Crippen LogP contribution in [0.2, 0.25) is 0 Å². The van der Waals surface area contributed by atoms with Gasteiger partial charge < -0.3 is 9.47 Å². The largest absolute Gasteiger partial charge is 0.438 e. The van der Waals surface area contributed by atoms with Crippen molar-refractivity contribution in [1.82, 2.24) is 0 Å². The Hall–Kier alpha value is -0.570. The number of esters is 1. The van der Waals surface area contributed by atoms with Crippen LogP contribution in [0.3, 0.4) is 0 Å². The Morgan fingerprint density at radius 1 is 1.00 bits per heavy atom. The van der Waals surface area contributed by atoms with E-state index in [1.807, 2.05) is 0 Å². The lowest BCUT2D eigenvalue weighted by atomic mass is 9.70. The SMILES string of the molecule is CCCOCOC(=O)C1CC2CC1C1C(CC)CC(CC)C21. The fourth-order valence-corrected chi connectivity index (χ4v) is 6.08. The zero-order chi connectivity index (χ0) is 15.7.